The van der Waals surface area contributed by atoms with E-state index in [1.807, 2.05) is 0 Å². The van der Waals surface area contributed by atoms with Gasteiger partial charge in [0.05, 0.1) is 22.1 Å². The number of aliphatic hydroxyl groups excluding tert-OH is 1. The maximum absolute atomic E-state index is 12.7. The molecule has 1 N–H and O–H groups in total. The van der Waals surface area contributed by atoms with Gasteiger partial charge in [-0.3, -0.25) is 19.7 Å². The Hall–Kier alpha value is -4.01. The second-order valence-electron chi connectivity index (χ2n) is 6.30. The number of benzene rings is 2. The molecule has 1 aliphatic rings. The van der Waals surface area contributed by atoms with E-state index in [1.165, 1.54) is 36.4 Å². The predicted molar refractivity (Wildman–Crippen MR) is 98.2 cm³/mol. The van der Waals surface area contributed by atoms with Gasteiger partial charge in [-0.1, -0.05) is 42.5 Å². The SMILES string of the molecule is O=C([O-])CCN1C(=O)C(=O)C(=C(O)c2ccccc2)[C@H]1c1ccccc1[N+](=O)[O-]. The van der Waals surface area contributed by atoms with E-state index in [0.717, 1.165) is 4.90 Å². The van der Waals surface area contributed by atoms with Crippen LogP contribution in [0.2, 0.25) is 0 Å². The van der Waals surface area contributed by atoms with Gasteiger partial charge in [-0.05, 0) is 6.07 Å². The number of carboxylic acids is 1. The van der Waals surface area contributed by atoms with Crippen LogP contribution in [0.15, 0.2) is 60.2 Å². The minimum absolute atomic E-state index is 0.00692. The number of carboxylic acid groups (broad SMARTS) is 1. The molecule has 1 fully saturated rings. The van der Waals surface area contributed by atoms with Crippen molar-refractivity contribution in [3.63, 3.8) is 0 Å². The molecular formula is C20H15N2O7-. The third kappa shape index (κ3) is 3.70. The lowest BCUT2D eigenvalue weighted by Gasteiger charge is -2.25. The number of carbonyl (C=O) groups excluding carboxylic acids is 3. The fourth-order valence-corrected chi connectivity index (χ4v) is 3.28. The van der Waals surface area contributed by atoms with Crippen LogP contribution >= 0.6 is 0 Å². The molecule has 1 amide bonds. The highest BCUT2D eigenvalue weighted by Crippen LogP contribution is 2.42. The van der Waals surface area contributed by atoms with E-state index in [9.17, 15) is 34.7 Å². The lowest BCUT2D eigenvalue weighted by Crippen LogP contribution is -2.35. The molecule has 1 atom stereocenters. The second kappa shape index (κ2) is 7.93. The molecule has 0 spiro atoms. The number of nitro groups is 1. The Balaban J connectivity index is 2.24. The number of carbonyl (C=O) groups is 3. The summed E-state index contributed by atoms with van der Waals surface area (Å²) in [4.78, 5) is 47.9. The second-order valence-corrected chi connectivity index (χ2v) is 6.30. The number of amides is 1. The van der Waals surface area contributed by atoms with Gasteiger partial charge < -0.3 is 19.9 Å². The van der Waals surface area contributed by atoms with Gasteiger partial charge in [0.1, 0.15) is 5.76 Å². The highest BCUT2D eigenvalue weighted by molar-refractivity contribution is 6.46. The summed E-state index contributed by atoms with van der Waals surface area (Å²) in [7, 11) is 0. The van der Waals surface area contributed by atoms with Crippen molar-refractivity contribution < 1.29 is 29.5 Å². The van der Waals surface area contributed by atoms with Crippen molar-refractivity contribution in [2.75, 3.05) is 6.54 Å². The molecule has 9 nitrogen and oxygen atoms in total. The first kappa shape index (κ1) is 19.7. The molecule has 2 aromatic carbocycles. The van der Waals surface area contributed by atoms with Gasteiger partial charge in [0.15, 0.2) is 0 Å². The van der Waals surface area contributed by atoms with Gasteiger partial charge in [-0.15, -0.1) is 0 Å². The zero-order valence-corrected chi connectivity index (χ0v) is 15.0. The first-order valence-corrected chi connectivity index (χ1v) is 8.60. The van der Waals surface area contributed by atoms with Gasteiger partial charge in [0.2, 0.25) is 0 Å². The lowest BCUT2D eigenvalue weighted by molar-refractivity contribution is -0.385. The average Bonchev–Trinajstić information content (AvgIpc) is 2.96. The van der Waals surface area contributed by atoms with Crippen LogP contribution < -0.4 is 5.11 Å². The molecule has 0 aromatic heterocycles. The summed E-state index contributed by atoms with van der Waals surface area (Å²) in [6, 6.07) is 12.1. The molecule has 148 valence electrons. The maximum atomic E-state index is 12.7. The molecule has 2 aromatic rings. The van der Waals surface area contributed by atoms with Crippen molar-refractivity contribution >= 4 is 29.1 Å². The smallest absolute Gasteiger partial charge is 0.295 e. The first-order valence-electron chi connectivity index (χ1n) is 8.60. The zero-order chi connectivity index (χ0) is 21.1. The molecule has 0 saturated carbocycles. The Morgan fingerprint density at radius 1 is 1.07 bits per heavy atom. The van der Waals surface area contributed by atoms with Crippen LogP contribution in [0, 0.1) is 10.1 Å². The highest BCUT2D eigenvalue weighted by atomic mass is 16.6. The van der Waals surface area contributed by atoms with Crippen LogP contribution in [-0.4, -0.2) is 39.1 Å². The van der Waals surface area contributed by atoms with E-state index < -0.39 is 47.3 Å². The summed E-state index contributed by atoms with van der Waals surface area (Å²) in [5.41, 5.74) is -0.466. The molecule has 0 bridgehead atoms. The van der Waals surface area contributed by atoms with Crippen molar-refractivity contribution in [2.24, 2.45) is 0 Å². The Labute approximate surface area is 164 Å². The highest BCUT2D eigenvalue weighted by Gasteiger charge is 2.47. The van der Waals surface area contributed by atoms with Crippen molar-refractivity contribution in [3.8, 4) is 0 Å². The third-order valence-electron chi connectivity index (χ3n) is 4.57. The molecule has 9 heteroatoms. The Bertz CT molecular complexity index is 1030. The number of likely N-dealkylation sites (tertiary alicyclic amines) is 1. The van der Waals surface area contributed by atoms with E-state index in [2.05, 4.69) is 0 Å². The number of aliphatic carboxylic acids is 1. The average molecular weight is 395 g/mol. The van der Waals surface area contributed by atoms with Crippen LogP contribution in [0.3, 0.4) is 0 Å². The third-order valence-corrected chi connectivity index (χ3v) is 4.57. The Kier molecular flexibility index (Phi) is 5.40. The van der Waals surface area contributed by atoms with Gasteiger partial charge >= 0.3 is 0 Å². The molecule has 1 saturated heterocycles. The molecule has 1 heterocycles. The molecule has 29 heavy (non-hydrogen) atoms. The quantitative estimate of drug-likeness (QED) is 0.254. The van der Waals surface area contributed by atoms with Crippen LogP contribution in [-0.2, 0) is 14.4 Å². The Morgan fingerprint density at radius 3 is 2.31 bits per heavy atom. The number of para-hydroxylation sites is 1. The molecule has 0 radical (unpaired) electrons. The number of hydrogen-bond donors (Lipinski definition) is 1. The Morgan fingerprint density at radius 2 is 1.69 bits per heavy atom. The van der Waals surface area contributed by atoms with Crippen molar-refractivity contribution in [3.05, 3.63) is 81.4 Å². The number of rotatable bonds is 6. The maximum Gasteiger partial charge on any atom is 0.295 e. The minimum atomic E-state index is -1.45. The summed E-state index contributed by atoms with van der Waals surface area (Å²) in [6.07, 6.45) is -0.574. The van der Waals surface area contributed by atoms with Crippen molar-refractivity contribution in [2.45, 2.75) is 12.5 Å². The lowest BCUT2D eigenvalue weighted by atomic mass is 9.94. The summed E-state index contributed by atoms with van der Waals surface area (Å²) in [5, 5.41) is 33.1. The zero-order valence-electron chi connectivity index (χ0n) is 15.0. The molecule has 3 rings (SSSR count). The summed E-state index contributed by atoms with van der Waals surface area (Å²) in [5.74, 6) is -4.04. The number of hydrogen-bond acceptors (Lipinski definition) is 7. The summed E-state index contributed by atoms with van der Waals surface area (Å²) in [6.45, 7) is -0.408. The summed E-state index contributed by atoms with van der Waals surface area (Å²) >= 11 is 0. The number of nitrogens with zero attached hydrogens (tertiary/aromatic N) is 2. The monoisotopic (exact) mass is 395 g/mol. The molecule has 0 aliphatic carbocycles. The van der Waals surface area contributed by atoms with Crippen LogP contribution in [0.5, 0.6) is 0 Å². The predicted octanol–water partition coefficient (Wildman–Crippen LogP) is 1.16. The van der Waals surface area contributed by atoms with E-state index in [0.29, 0.717) is 0 Å². The minimum Gasteiger partial charge on any atom is -0.550 e. The number of nitro benzene ring substituents is 1. The van der Waals surface area contributed by atoms with E-state index in [1.54, 1.807) is 18.2 Å². The van der Waals surface area contributed by atoms with Crippen LogP contribution in [0.25, 0.3) is 5.76 Å². The normalized spacial score (nSPS) is 18.1. The number of ketones is 1. The van der Waals surface area contributed by atoms with Crippen LogP contribution in [0.1, 0.15) is 23.6 Å². The van der Waals surface area contributed by atoms with E-state index in [4.69, 9.17) is 0 Å². The summed E-state index contributed by atoms with van der Waals surface area (Å²) < 4.78 is 0. The molecular weight excluding hydrogens is 380 g/mol. The van der Waals surface area contributed by atoms with Gasteiger partial charge in [0, 0.05) is 30.6 Å². The van der Waals surface area contributed by atoms with Gasteiger partial charge in [0.25, 0.3) is 17.4 Å². The van der Waals surface area contributed by atoms with Crippen LogP contribution in [0.4, 0.5) is 5.69 Å². The topological polar surface area (TPSA) is 141 Å². The van der Waals surface area contributed by atoms with Crippen molar-refractivity contribution in [1.29, 1.82) is 0 Å². The number of Topliss-reactive ketones (excluding diaryl/α,β-unsaturated/α-hetero) is 1. The molecule has 0 unspecified atom stereocenters. The van der Waals surface area contributed by atoms with Gasteiger partial charge in [-0.2, -0.15) is 0 Å². The fraction of sp³-hybridized carbons (Fsp3) is 0.150. The standard InChI is InChI=1S/C20H16N2O7/c23-15(24)10-11-21-17(13-8-4-5-9-14(13)22(28)29)16(19(26)20(21)27)18(25)12-6-2-1-3-7-12/h1-9,17,25H,10-11H2,(H,23,24)/p-1/t17-/m1/s1. The van der Waals surface area contributed by atoms with Gasteiger partial charge in [-0.25, -0.2) is 0 Å². The first-order chi connectivity index (χ1) is 13.8. The number of aliphatic hydroxyl groups is 1. The van der Waals surface area contributed by atoms with E-state index in [-0.39, 0.29) is 22.4 Å². The molecule has 1 aliphatic heterocycles. The van der Waals surface area contributed by atoms with E-state index >= 15 is 0 Å². The van der Waals surface area contributed by atoms with Crippen molar-refractivity contribution in [1.82, 2.24) is 4.90 Å². The fourth-order valence-electron chi connectivity index (χ4n) is 3.28. The largest absolute Gasteiger partial charge is 0.550 e.